The molecule has 1 N–H and O–H groups in total. The zero-order valence-electron chi connectivity index (χ0n) is 16.9. The minimum absolute atomic E-state index is 0.0488. The van der Waals surface area contributed by atoms with Crippen molar-refractivity contribution in [2.45, 2.75) is 0 Å². The van der Waals surface area contributed by atoms with Crippen LogP contribution in [0, 0.1) is 11.6 Å². The minimum atomic E-state index is -0.516. The van der Waals surface area contributed by atoms with Gasteiger partial charge in [0, 0.05) is 32.4 Å². The highest BCUT2D eigenvalue weighted by Gasteiger charge is 2.28. The van der Waals surface area contributed by atoms with E-state index in [0.717, 1.165) is 6.07 Å². The predicted octanol–water partition coefficient (Wildman–Crippen LogP) is 4.36. The summed E-state index contributed by atoms with van der Waals surface area (Å²) in [5.74, 6) is -1.31. The minimum Gasteiger partial charge on any atom is -0.337 e. The number of halogens is 3. The Hall–Kier alpha value is -3.52. The molecule has 1 aliphatic heterocycles. The number of anilines is 2. The van der Waals surface area contributed by atoms with Crippen LogP contribution in [0.25, 0.3) is 0 Å². The van der Waals surface area contributed by atoms with Gasteiger partial charge in [0.2, 0.25) is 0 Å². The molecule has 164 valence electrons. The average Bonchev–Trinajstić information content (AvgIpc) is 2.80. The lowest BCUT2D eigenvalue weighted by Gasteiger charge is -2.35. The molecule has 0 radical (unpaired) electrons. The quantitative estimate of drug-likeness (QED) is 0.633. The van der Waals surface area contributed by atoms with Crippen molar-refractivity contribution in [3.63, 3.8) is 0 Å². The van der Waals surface area contributed by atoms with Gasteiger partial charge in [-0.1, -0.05) is 23.7 Å². The third kappa shape index (κ3) is 4.55. The maximum absolute atomic E-state index is 14.0. The molecule has 2 aromatic carbocycles. The number of amides is 2. The normalized spacial score (nSPS) is 13.7. The van der Waals surface area contributed by atoms with Crippen LogP contribution in [0.1, 0.15) is 20.7 Å². The number of nitrogens with zero attached hydrogens (tertiary/aromatic N) is 3. The zero-order valence-corrected chi connectivity index (χ0v) is 17.6. The molecule has 1 aromatic heterocycles. The van der Waals surface area contributed by atoms with E-state index in [1.807, 2.05) is 0 Å². The van der Waals surface area contributed by atoms with Gasteiger partial charge in [0.05, 0.1) is 21.8 Å². The highest BCUT2D eigenvalue weighted by molar-refractivity contribution is 6.33. The summed E-state index contributed by atoms with van der Waals surface area (Å²) in [6.07, 6.45) is 1.52. The second kappa shape index (κ2) is 9.32. The Kier molecular flexibility index (Phi) is 6.32. The molecule has 4 rings (SSSR count). The van der Waals surface area contributed by atoms with Crippen molar-refractivity contribution in [2.24, 2.45) is 0 Å². The van der Waals surface area contributed by atoms with Crippen molar-refractivity contribution in [1.82, 2.24) is 14.8 Å². The van der Waals surface area contributed by atoms with E-state index in [1.165, 1.54) is 24.4 Å². The Morgan fingerprint density at radius 3 is 2.19 bits per heavy atom. The van der Waals surface area contributed by atoms with Crippen molar-refractivity contribution in [1.29, 1.82) is 0 Å². The molecule has 6 nitrogen and oxygen atoms in total. The number of para-hydroxylation sites is 1. The number of rotatable bonds is 4. The zero-order chi connectivity index (χ0) is 22.7. The summed E-state index contributed by atoms with van der Waals surface area (Å²) in [4.78, 5) is 33.2. The molecule has 2 heterocycles. The van der Waals surface area contributed by atoms with Crippen LogP contribution in [0.2, 0.25) is 5.02 Å². The molecule has 0 spiro atoms. The maximum Gasteiger partial charge on any atom is 0.257 e. The molecule has 9 heteroatoms. The van der Waals surface area contributed by atoms with Gasteiger partial charge in [0.1, 0.15) is 17.5 Å². The van der Waals surface area contributed by atoms with Crippen LogP contribution in [0.3, 0.4) is 0 Å². The molecule has 3 aromatic rings. The fourth-order valence-corrected chi connectivity index (χ4v) is 3.73. The second-order valence-corrected chi connectivity index (χ2v) is 7.62. The standard InChI is InChI=1S/C23H19ClF2N4O2/c24-18-14-15(25)7-8-16(18)22(31)29-10-12-30(13-11-29)23(32)17-4-3-9-27-21(17)28-20-6-2-1-5-19(20)26/h1-9,14H,10-13H2,(H,27,28). The highest BCUT2D eigenvalue weighted by Crippen LogP contribution is 2.23. The van der Waals surface area contributed by atoms with Gasteiger partial charge in [0.25, 0.3) is 11.8 Å². The van der Waals surface area contributed by atoms with E-state index in [-0.39, 0.29) is 33.9 Å². The molecule has 32 heavy (non-hydrogen) atoms. The second-order valence-electron chi connectivity index (χ2n) is 7.21. The van der Waals surface area contributed by atoms with Crippen LogP contribution in [0.5, 0.6) is 0 Å². The first-order valence-corrected chi connectivity index (χ1v) is 10.3. The number of aromatic nitrogens is 1. The van der Waals surface area contributed by atoms with Crippen LogP contribution in [-0.2, 0) is 0 Å². The number of piperazine rings is 1. The first-order chi connectivity index (χ1) is 15.4. The van der Waals surface area contributed by atoms with Crippen molar-refractivity contribution in [2.75, 3.05) is 31.5 Å². The van der Waals surface area contributed by atoms with Gasteiger partial charge in [-0.05, 0) is 42.5 Å². The molecule has 0 bridgehead atoms. The van der Waals surface area contributed by atoms with Crippen LogP contribution >= 0.6 is 11.6 Å². The molecule has 0 saturated carbocycles. The monoisotopic (exact) mass is 456 g/mol. The van der Waals surface area contributed by atoms with Gasteiger partial charge in [-0.3, -0.25) is 9.59 Å². The molecule has 0 aliphatic carbocycles. The molecule has 1 saturated heterocycles. The molecule has 0 unspecified atom stereocenters. The fourth-order valence-electron chi connectivity index (χ4n) is 3.48. The first kappa shape index (κ1) is 21.7. The fraction of sp³-hybridized carbons (Fsp3) is 0.174. The van der Waals surface area contributed by atoms with Crippen molar-refractivity contribution in [3.8, 4) is 0 Å². The lowest BCUT2D eigenvalue weighted by molar-refractivity contribution is 0.0536. The third-order valence-electron chi connectivity index (χ3n) is 5.18. The lowest BCUT2D eigenvalue weighted by Crippen LogP contribution is -2.50. The van der Waals surface area contributed by atoms with Gasteiger partial charge in [-0.15, -0.1) is 0 Å². The number of nitrogens with one attached hydrogen (secondary N) is 1. The number of carbonyl (C=O) groups is 2. The van der Waals surface area contributed by atoms with Gasteiger partial charge in [-0.2, -0.15) is 0 Å². The summed E-state index contributed by atoms with van der Waals surface area (Å²) >= 11 is 6.01. The highest BCUT2D eigenvalue weighted by atomic mass is 35.5. The summed E-state index contributed by atoms with van der Waals surface area (Å²) in [6.45, 7) is 1.21. The number of hydrogen-bond acceptors (Lipinski definition) is 4. The first-order valence-electron chi connectivity index (χ1n) is 9.94. The summed E-state index contributed by atoms with van der Waals surface area (Å²) in [5, 5.41) is 2.93. The van der Waals surface area contributed by atoms with Gasteiger partial charge in [0.15, 0.2) is 0 Å². The smallest absolute Gasteiger partial charge is 0.257 e. The SMILES string of the molecule is O=C(c1ccc(F)cc1Cl)N1CCN(C(=O)c2cccnc2Nc2ccccc2F)CC1. The predicted molar refractivity (Wildman–Crippen MR) is 117 cm³/mol. The van der Waals surface area contributed by atoms with Gasteiger partial charge < -0.3 is 15.1 Å². The average molecular weight is 457 g/mol. The van der Waals surface area contributed by atoms with E-state index in [4.69, 9.17) is 11.6 Å². The Bertz CT molecular complexity index is 1170. The summed E-state index contributed by atoms with van der Waals surface area (Å²) < 4.78 is 27.3. The topological polar surface area (TPSA) is 65.5 Å². The summed E-state index contributed by atoms with van der Waals surface area (Å²) in [7, 11) is 0. The maximum atomic E-state index is 14.0. The van der Waals surface area contributed by atoms with Crippen molar-refractivity contribution >= 4 is 34.9 Å². The largest absolute Gasteiger partial charge is 0.337 e. The summed E-state index contributed by atoms with van der Waals surface area (Å²) in [5.41, 5.74) is 0.737. The molecular weight excluding hydrogens is 438 g/mol. The van der Waals surface area contributed by atoms with E-state index in [0.29, 0.717) is 31.7 Å². The molecular formula is C23H19ClF2N4O2. The number of carbonyl (C=O) groups excluding carboxylic acids is 2. The number of benzene rings is 2. The van der Waals surface area contributed by atoms with Gasteiger partial charge in [-0.25, -0.2) is 13.8 Å². The van der Waals surface area contributed by atoms with Crippen molar-refractivity contribution < 1.29 is 18.4 Å². The van der Waals surface area contributed by atoms with Crippen LogP contribution in [0.4, 0.5) is 20.3 Å². The molecule has 1 aliphatic rings. The molecule has 2 amide bonds. The Morgan fingerprint density at radius 1 is 0.875 bits per heavy atom. The van der Waals surface area contributed by atoms with Crippen LogP contribution in [-0.4, -0.2) is 52.8 Å². The van der Waals surface area contributed by atoms with E-state index >= 15 is 0 Å². The third-order valence-corrected chi connectivity index (χ3v) is 5.49. The molecule has 0 atom stereocenters. The van der Waals surface area contributed by atoms with E-state index in [9.17, 15) is 18.4 Å². The lowest BCUT2D eigenvalue weighted by atomic mass is 10.1. The number of pyridine rings is 1. The van der Waals surface area contributed by atoms with Crippen LogP contribution < -0.4 is 5.32 Å². The Morgan fingerprint density at radius 2 is 1.53 bits per heavy atom. The van der Waals surface area contributed by atoms with E-state index in [1.54, 1.807) is 40.1 Å². The van der Waals surface area contributed by atoms with Crippen molar-refractivity contribution in [3.05, 3.63) is 88.6 Å². The van der Waals surface area contributed by atoms with E-state index in [2.05, 4.69) is 10.3 Å². The van der Waals surface area contributed by atoms with Gasteiger partial charge >= 0.3 is 0 Å². The number of hydrogen-bond donors (Lipinski definition) is 1. The van der Waals surface area contributed by atoms with E-state index < -0.39 is 11.6 Å². The summed E-state index contributed by atoms with van der Waals surface area (Å²) in [6, 6.07) is 13.0. The van der Waals surface area contributed by atoms with Crippen LogP contribution in [0.15, 0.2) is 60.8 Å². The Labute approximate surface area is 188 Å². The molecule has 1 fully saturated rings. The Balaban J connectivity index is 1.45.